The molecule has 1 saturated carbocycles. The van der Waals surface area contributed by atoms with E-state index < -0.39 is 15.8 Å². The van der Waals surface area contributed by atoms with Gasteiger partial charge in [0, 0.05) is 29.1 Å². The normalized spacial score (nSPS) is 16.4. The summed E-state index contributed by atoms with van der Waals surface area (Å²) in [7, 11) is -3.64. The number of fused-ring (bicyclic) bond motifs is 1. The van der Waals surface area contributed by atoms with Crippen molar-refractivity contribution in [3.63, 3.8) is 0 Å². The number of para-hydroxylation sites is 1. The third-order valence-corrected chi connectivity index (χ3v) is 6.16. The Morgan fingerprint density at radius 1 is 1.08 bits per heavy atom. The Kier molecular flexibility index (Phi) is 3.47. The zero-order chi connectivity index (χ0) is 16.8. The highest BCUT2D eigenvalue weighted by Crippen LogP contribution is 2.50. The fourth-order valence-electron chi connectivity index (χ4n) is 3.13. The second kappa shape index (κ2) is 5.43. The third-order valence-electron chi connectivity index (χ3n) is 4.74. The lowest BCUT2D eigenvalue weighted by molar-refractivity contribution is 0.567. The lowest BCUT2D eigenvalue weighted by Gasteiger charge is -2.16. The van der Waals surface area contributed by atoms with E-state index >= 15 is 0 Å². The van der Waals surface area contributed by atoms with Gasteiger partial charge in [-0.2, -0.15) is 0 Å². The molecule has 24 heavy (non-hydrogen) atoms. The van der Waals surface area contributed by atoms with Crippen molar-refractivity contribution in [3.05, 3.63) is 66.1 Å². The second-order valence-corrected chi connectivity index (χ2v) is 8.07. The smallest absolute Gasteiger partial charge is 0.240 e. The number of hydrogen-bond acceptors (Lipinski definition) is 2. The maximum atomic E-state index is 13.0. The molecule has 1 aliphatic carbocycles. The molecule has 0 amide bonds. The fourth-order valence-corrected chi connectivity index (χ4v) is 4.26. The Morgan fingerprint density at radius 2 is 1.79 bits per heavy atom. The minimum absolute atomic E-state index is 0.0821. The molecular formula is C18H17FN2O2S. The molecule has 0 spiro atoms. The molecule has 4 nitrogen and oxygen atoms in total. The minimum atomic E-state index is -3.64. The Labute approximate surface area is 139 Å². The first-order valence-corrected chi connectivity index (χ1v) is 9.30. The summed E-state index contributed by atoms with van der Waals surface area (Å²) in [6.45, 7) is 0.342. The van der Waals surface area contributed by atoms with Gasteiger partial charge in [0.15, 0.2) is 0 Å². The van der Waals surface area contributed by atoms with Crippen molar-refractivity contribution in [2.75, 3.05) is 6.54 Å². The van der Waals surface area contributed by atoms with Crippen molar-refractivity contribution >= 4 is 20.9 Å². The van der Waals surface area contributed by atoms with Gasteiger partial charge < -0.3 is 4.98 Å². The van der Waals surface area contributed by atoms with Gasteiger partial charge in [-0.3, -0.25) is 0 Å². The maximum Gasteiger partial charge on any atom is 0.240 e. The molecule has 0 unspecified atom stereocenters. The summed E-state index contributed by atoms with van der Waals surface area (Å²) in [5, 5.41) is 1.14. The molecule has 3 aromatic rings. The molecule has 0 atom stereocenters. The predicted molar refractivity (Wildman–Crippen MR) is 90.8 cm³/mol. The largest absolute Gasteiger partial charge is 0.361 e. The summed E-state index contributed by atoms with van der Waals surface area (Å²) in [6.07, 6.45) is 3.87. The van der Waals surface area contributed by atoms with Crippen molar-refractivity contribution in [1.29, 1.82) is 0 Å². The van der Waals surface area contributed by atoms with Crippen LogP contribution >= 0.6 is 0 Å². The standard InChI is InChI=1S/C18H17FN2O2S/c19-13-5-7-14(8-6-13)24(22,23)21-12-18(9-10-18)16-11-20-17-4-2-1-3-15(16)17/h1-8,11,20-21H,9-10,12H2. The number of sulfonamides is 1. The molecule has 0 aliphatic heterocycles. The van der Waals surface area contributed by atoms with Gasteiger partial charge in [-0.1, -0.05) is 18.2 Å². The number of H-pyrrole nitrogens is 1. The summed E-state index contributed by atoms with van der Waals surface area (Å²) in [5.41, 5.74) is 2.05. The van der Waals surface area contributed by atoms with E-state index in [0.717, 1.165) is 41.4 Å². The number of rotatable bonds is 5. The van der Waals surface area contributed by atoms with E-state index in [-0.39, 0.29) is 10.3 Å². The van der Waals surface area contributed by atoms with Gasteiger partial charge >= 0.3 is 0 Å². The van der Waals surface area contributed by atoms with Crippen molar-refractivity contribution < 1.29 is 12.8 Å². The molecule has 0 saturated heterocycles. The molecule has 6 heteroatoms. The van der Waals surface area contributed by atoms with Crippen LogP contribution < -0.4 is 4.72 Å². The van der Waals surface area contributed by atoms with Crippen LogP contribution in [0.1, 0.15) is 18.4 Å². The zero-order valence-corrected chi connectivity index (χ0v) is 13.7. The van der Waals surface area contributed by atoms with E-state index in [0.29, 0.717) is 6.54 Å². The second-order valence-electron chi connectivity index (χ2n) is 6.31. The number of benzene rings is 2. The van der Waals surface area contributed by atoms with Gasteiger partial charge in [0.05, 0.1) is 4.90 Å². The molecule has 2 N–H and O–H groups in total. The van der Waals surface area contributed by atoms with Crippen molar-refractivity contribution in [2.45, 2.75) is 23.2 Å². The van der Waals surface area contributed by atoms with Crippen LogP contribution in [-0.4, -0.2) is 19.9 Å². The van der Waals surface area contributed by atoms with Gasteiger partial charge in [0.1, 0.15) is 5.82 Å². The summed E-state index contributed by atoms with van der Waals surface area (Å²) >= 11 is 0. The first-order valence-electron chi connectivity index (χ1n) is 7.82. The number of halogens is 1. The Balaban J connectivity index is 1.58. The first kappa shape index (κ1) is 15.4. The molecule has 0 radical (unpaired) electrons. The average Bonchev–Trinajstić information content (AvgIpc) is 3.24. The molecule has 0 bridgehead atoms. The SMILES string of the molecule is O=S(=O)(NCC1(c2c[nH]c3ccccc23)CC1)c1ccc(F)cc1. The highest BCUT2D eigenvalue weighted by Gasteiger charge is 2.46. The van der Waals surface area contributed by atoms with Crippen LogP contribution in [0.4, 0.5) is 4.39 Å². The highest BCUT2D eigenvalue weighted by atomic mass is 32.2. The number of aromatic amines is 1. The number of nitrogens with one attached hydrogen (secondary N) is 2. The van der Waals surface area contributed by atoms with Crippen molar-refractivity contribution in [3.8, 4) is 0 Å². The summed E-state index contributed by atoms with van der Waals surface area (Å²) in [6, 6.07) is 12.9. The monoisotopic (exact) mass is 344 g/mol. The van der Waals surface area contributed by atoms with Crippen molar-refractivity contribution in [2.24, 2.45) is 0 Å². The van der Waals surface area contributed by atoms with Crippen LogP contribution in [-0.2, 0) is 15.4 Å². The molecule has 4 rings (SSSR count). The molecule has 1 heterocycles. The molecule has 1 aromatic heterocycles. The quantitative estimate of drug-likeness (QED) is 0.746. The van der Waals surface area contributed by atoms with Crippen LogP contribution in [0.25, 0.3) is 10.9 Å². The van der Waals surface area contributed by atoms with Gasteiger partial charge in [0.25, 0.3) is 0 Å². The van der Waals surface area contributed by atoms with Crippen LogP contribution in [0.15, 0.2) is 59.6 Å². The van der Waals surface area contributed by atoms with E-state index in [1.165, 1.54) is 12.1 Å². The maximum absolute atomic E-state index is 13.0. The highest BCUT2D eigenvalue weighted by molar-refractivity contribution is 7.89. The summed E-state index contributed by atoms with van der Waals surface area (Å²) < 4.78 is 40.5. The van der Waals surface area contributed by atoms with Crippen LogP contribution in [0, 0.1) is 5.82 Å². The lowest BCUT2D eigenvalue weighted by Crippen LogP contribution is -2.32. The van der Waals surface area contributed by atoms with E-state index in [9.17, 15) is 12.8 Å². The van der Waals surface area contributed by atoms with E-state index in [4.69, 9.17) is 0 Å². The molecular weight excluding hydrogens is 327 g/mol. The minimum Gasteiger partial charge on any atom is -0.361 e. The number of hydrogen-bond donors (Lipinski definition) is 2. The summed E-state index contributed by atoms with van der Waals surface area (Å²) in [5.74, 6) is -0.452. The first-order chi connectivity index (χ1) is 11.5. The van der Waals surface area contributed by atoms with E-state index in [2.05, 4.69) is 15.8 Å². The van der Waals surface area contributed by atoms with Gasteiger partial charge in [-0.15, -0.1) is 0 Å². The van der Waals surface area contributed by atoms with Crippen LogP contribution in [0.5, 0.6) is 0 Å². The van der Waals surface area contributed by atoms with E-state index in [1.807, 2.05) is 24.4 Å². The average molecular weight is 344 g/mol. The molecule has 124 valence electrons. The van der Waals surface area contributed by atoms with Crippen LogP contribution in [0.3, 0.4) is 0 Å². The topological polar surface area (TPSA) is 62.0 Å². The molecule has 2 aromatic carbocycles. The van der Waals surface area contributed by atoms with Crippen LogP contribution in [0.2, 0.25) is 0 Å². The Morgan fingerprint density at radius 3 is 2.50 bits per heavy atom. The molecule has 1 aliphatic rings. The summed E-state index contributed by atoms with van der Waals surface area (Å²) in [4.78, 5) is 3.33. The van der Waals surface area contributed by atoms with Gasteiger partial charge in [0.2, 0.25) is 10.0 Å². The molecule has 1 fully saturated rings. The zero-order valence-electron chi connectivity index (χ0n) is 12.9. The Bertz CT molecular complexity index is 989. The third kappa shape index (κ3) is 2.61. The Hall–Kier alpha value is -2.18. The number of aromatic nitrogens is 1. The van der Waals surface area contributed by atoms with E-state index in [1.54, 1.807) is 0 Å². The predicted octanol–water partition coefficient (Wildman–Crippen LogP) is 3.32. The van der Waals surface area contributed by atoms with Gasteiger partial charge in [-0.05, 0) is 48.7 Å². The van der Waals surface area contributed by atoms with Gasteiger partial charge in [-0.25, -0.2) is 17.5 Å². The fraction of sp³-hybridized carbons (Fsp3) is 0.222. The lowest BCUT2D eigenvalue weighted by atomic mass is 9.96. The van der Waals surface area contributed by atoms with Crippen molar-refractivity contribution in [1.82, 2.24) is 9.71 Å².